The minimum Gasteiger partial charge on any atom is -0.483 e. The number of imidazole rings is 1. The smallest absolute Gasteiger partial charge is 0.483 e. The van der Waals surface area contributed by atoms with Crippen LogP contribution < -0.4 is 10.2 Å². The van der Waals surface area contributed by atoms with Crippen LogP contribution in [-0.2, 0) is 9.59 Å². The van der Waals surface area contributed by atoms with Crippen LogP contribution in [0.2, 0.25) is 5.02 Å². The third-order valence-electron chi connectivity index (χ3n) is 4.84. The molecule has 1 amide bonds. The van der Waals surface area contributed by atoms with Gasteiger partial charge in [0, 0.05) is 13.1 Å². The third kappa shape index (κ3) is 12.2. The lowest BCUT2D eigenvalue weighted by Gasteiger charge is -2.20. The van der Waals surface area contributed by atoms with Crippen LogP contribution in [0.1, 0.15) is 36.0 Å². The van der Waals surface area contributed by atoms with E-state index < -0.39 is 18.8 Å². The summed E-state index contributed by atoms with van der Waals surface area (Å²) in [5.74, 6) is -1.64. The molecule has 3 heterocycles. The van der Waals surface area contributed by atoms with Crippen LogP contribution in [0.3, 0.4) is 0 Å². The molecule has 3 aromatic rings. The monoisotopic (exact) mass is 599 g/mol. The lowest BCUT2D eigenvalue weighted by molar-refractivity contribution is -0.192. The molecule has 4 rings (SSSR count). The molecule has 1 fully saturated rings. The molecule has 1 aliphatic heterocycles. The summed E-state index contributed by atoms with van der Waals surface area (Å²) in [5.41, 5.74) is 1.11. The molecule has 1 aliphatic rings. The highest BCUT2D eigenvalue weighted by Crippen LogP contribution is 2.20. The van der Waals surface area contributed by atoms with Crippen molar-refractivity contribution in [2.45, 2.75) is 38.5 Å². The summed E-state index contributed by atoms with van der Waals surface area (Å²) in [5, 5.41) is 21.9. The first-order chi connectivity index (χ1) is 18.8. The summed E-state index contributed by atoms with van der Waals surface area (Å²) in [6.07, 6.45) is 1.60. The zero-order valence-corrected chi connectivity index (χ0v) is 21.2. The molecule has 0 aliphatic carbocycles. The summed E-state index contributed by atoms with van der Waals surface area (Å²) in [6.45, 7) is -1.85. The Morgan fingerprint density at radius 1 is 1.02 bits per heavy atom. The fraction of sp³-hybridized carbons (Fsp3) is 0.348. The Morgan fingerprint density at radius 3 is 2.05 bits per heavy atom. The molecular weight excluding hydrogens is 576 g/mol. The molecule has 220 valence electrons. The number of hydrogen-bond acceptors (Lipinski definition) is 6. The number of aliphatic carboxylic acids is 1. The second kappa shape index (κ2) is 16.8. The second-order valence-corrected chi connectivity index (χ2v) is 8.02. The number of amides is 1. The molecule has 0 radical (unpaired) electrons. The maximum atomic E-state index is 12.4. The van der Waals surface area contributed by atoms with E-state index in [4.69, 9.17) is 31.4 Å². The number of alkyl halides is 6. The molecule has 40 heavy (non-hydrogen) atoms. The molecule has 3 N–H and O–H groups in total. The Labute approximate surface area is 228 Å². The number of nitrogens with one attached hydrogen (secondary N) is 1. The minimum absolute atomic E-state index is 0.250. The topological polar surface area (TPSA) is 137 Å². The van der Waals surface area contributed by atoms with Gasteiger partial charge in [0.15, 0.2) is 11.5 Å². The first-order valence-corrected chi connectivity index (χ1v) is 11.6. The van der Waals surface area contributed by atoms with Gasteiger partial charge < -0.3 is 20.4 Å². The van der Waals surface area contributed by atoms with Gasteiger partial charge in [0.2, 0.25) is 0 Å². The SMILES string of the molecule is FC(F)F.O=C(Nc1cn2nc(N3CCCCCC3)ccc2n1)c1ccccc1Cl.O=C(O)C(F)(F)F.O=CO. The van der Waals surface area contributed by atoms with Gasteiger partial charge in [-0.1, -0.05) is 36.6 Å². The van der Waals surface area contributed by atoms with Crippen LogP contribution in [0.15, 0.2) is 42.6 Å². The molecular formula is C23H24ClF6N5O5. The Balaban J connectivity index is 0.000000478. The fourth-order valence-corrected chi connectivity index (χ4v) is 3.45. The number of carbonyl (C=O) groups is 3. The van der Waals surface area contributed by atoms with Gasteiger partial charge in [-0.15, -0.1) is 5.10 Å². The van der Waals surface area contributed by atoms with E-state index in [0.29, 0.717) is 22.1 Å². The van der Waals surface area contributed by atoms with Gasteiger partial charge in [-0.2, -0.15) is 26.3 Å². The predicted molar refractivity (Wildman–Crippen MR) is 133 cm³/mol. The van der Waals surface area contributed by atoms with Crippen molar-refractivity contribution in [3.05, 3.63) is 53.2 Å². The Hall–Kier alpha value is -4.08. The van der Waals surface area contributed by atoms with E-state index in [9.17, 15) is 31.1 Å². The van der Waals surface area contributed by atoms with E-state index in [1.165, 1.54) is 25.7 Å². The standard InChI is InChI=1S/C19H20ClN5O.C2HF3O2.CHF3.CH2O2/c20-15-8-4-3-7-14(15)19(26)22-16-13-25-17(21-16)9-10-18(23-25)24-11-5-1-2-6-12-24;3-2(4,5)1(6)7;2-1(3)4;2-1-3/h3-4,7-10,13H,1-2,5-6,11-12H2,(H,22,26);(H,6,7);1H;1H,(H,2,3). The molecule has 1 saturated heterocycles. The Kier molecular flexibility index (Phi) is 14.2. The maximum Gasteiger partial charge on any atom is 0.490 e. The van der Waals surface area contributed by atoms with Crippen molar-refractivity contribution in [3.8, 4) is 0 Å². The average molecular weight is 600 g/mol. The van der Waals surface area contributed by atoms with Crippen molar-refractivity contribution in [1.29, 1.82) is 0 Å². The van der Waals surface area contributed by atoms with Crippen LogP contribution in [-0.4, -0.2) is 69.1 Å². The first-order valence-electron chi connectivity index (χ1n) is 11.3. The van der Waals surface area contributed by atoms with Crippen LogP contribution in [0.4, 0.5) is 38.0 Å². The number of anilines is 2. The van der Waals surface area contributed by atoms with E-state index >= 15 is 0 Å². The van der Waals surface area contributed by atoms with Crippen molar-refractivity contribution in [3.63, 3.8) is 0 Å². The quantitative estimate of drug-likeness (QED) is 0.264. The van der Waals surface area contributed by atoms with Gasteiger partial charge in [0.05, 0.1) is 16.8 Å². The van der Waals surface area contributed by atoms with E-state index in [1.807, 2.05) is 12.1 Å². The number of benzene rings is 1. The average Bonchev–Trinajstić information content (AvgIpc) is 3.06. The summed E-state index contributed by atoms with van der Waals surface area (Å²) in [4.78, 5) is 36.4. The zero-order valence-electron chi connectivity index (χ0n) is 20.5. The van der Waals surface area contributed by atoms with Gasteiger partial charge in [-0.25, -0.2) is 14.3 Å². The second-order valence-electron chi connectivity index (χ2n) is 7.61. The normalized spacial score (nSPS) is 12.9. The van der Waals surface area contributed by atoms with E-state index in [0.717, 1.165) is 18.9 Å². The van der Waals surface area contributed by atoms with Gasteiger partial charge in [0.1, 0.15) is 5.82 Å². The van der Waals surface area contributed by atoms with Crippen LogP contribution >= 0.6 is 11.6 Å². The minimum atomic E-state index is -5.08. The lowest BCUT2D eigenvalue weighted by atomic mass is 10.2. The van der Waals surface area contributed by atoms with E-state index in [-0.39, 0.29) is 12.4 Å². The number of carboxylic acids is 1. The maximum absolute atomic E-state index is 12.4. The molecule has 17 heteroatoms. The number of hydrogen-bond donors (Lipinski definition) is 3. The molecule has 2 aromatic heterocycles. The molecule has 0 bridgehead atoms. The third-order valence-corrected chi connectivity index (χ3v) is 5.17. The first kappa shape index (κ1) is 33.9. The number of nitrogens with zero attached hydrogens (tertiary/aromatic N) is 4. The van der Waals surface area contributed by atoms with Crippen molar-refractivity contribution >= 4 is 47.2 Å². The van der Waals surface area contributed by atoms with Crippen molar-refractivity contribution in [1.82, 2.24) is 14.6 Å². The van der Waals surface area contributed by atoms with E-state index in [2.05, 4.69) is 20.3 Å². The molecule has 1 aromatic carbocycles. The molecule has 0 saturated carbocycles. The van der Waals surface area contributed by atoms with Crippen LogP contribution in [0.25, 0.3) is 5.65 Å². The van der Waals surface area contributed by atoms with Crippen molar-refractivity contribution in [2.75, 3.05) is 23.3 Å². The number of carbonyl (C=O) groups excluding carboxylic acids is 1. The van der Waals surface area contributed by atoms with Crippen LogP contribution in [0, 0.1) is 0 Å². The Bertz CT molecular complexity index is 1230. The number of rotatable bonds is 3. The molecule has 0 atom stereocenters. The summed E-state index contributed by atoms with van der Waals surface area (Å²) >= 11 is 6.08. The van der Waals surface area contributed by atoms with Gasteiger partial charge in [-0.05, 0) is 37.1 Å². The predicted octanol–water partition coefficient (Wildman–Crippen LogP) is 5.53. The molecule has 0 spiro atoms. The van der Waals surface area contributed by atoms with Gasteiger partial charge >= 0.3 is 18.8 Å². The van der Waals surface area contributed by atoms with E-state index in [1.54, 1.807) is 35.0 Å². The zero-order chi connectivity index (χ0) is 30.3. The number of fused-ring (bicyclic) bond motifs is 1. The number of halogens is 7. The number of aromatic nitrogens is 3. The largest absolute Gasteiger partial charge is 0.490 e. The summed E-state index contributed by atoms with van der Waals surface area (Å²) < 4.78 is 62.4. The van der Waals surface area contributed by atoms with Gasteiger partial charge in [0.25, 0.3) is 12.4 Å². The van der Waals surface area contributed by atoms with Crippen LogP contribution in [0.5, 0.6) is 0 Å². The molecule has 10 nitrogen and oxygen atoms in total. The lowest BCUT2D eigenvalue weighted by Crippen LogP contribution is -2.25. The highest BCUT2D eigenvalue weighted by molar-refractivity contribution is 6.34. The Morgan fingerprint density at radius 2 is 1.55 bits per heavy atom. The highest BCUT2D eigenvalue weighted by Gasteiger charge is 2.38. The van der Waals surface area contributed by atoms with Gasteiger partial charge in [-0.3, -0.25) is 9.59 Å². The summed E-state index contributed by atoms with van der Waals surface area (Å²) in [7, 11) is 0. The summed E-state index contributed by atoms with van der Waals surface area (Å²) in [6, 6.07) is 10.9. The van der Waals surface area contributed by atoms with Crippen molar-refractivity contribution in [2.24, 2.45) is 0 Å². The number of carboxylic acid groups (broad SMARTS) is 2. The molecule has 0 unspecified atom stereocenters. The van der Waals surface area contributed by atoms with Crippen molar-refractivity contribution < 1.29 is 50.9 Å². The highest BCUT2D eigenvalue weighted by atomic mass is 35.5. The fourth-order valence-electron chi connectivity index (χ4n) is 3.23.